The summed E-state index contributed by atoms with van der Waals surface area (Å²) >= 11 is 5.60. The lowest BCUT2D eigenvalue weighted by atomic mass is 9.88. The van der Waals surface area contributed by atoms with Gasteiger partial charge < -0.3 is 5.32 Å². The van der Waals surface area contributed by atoms with Gasteiger partial charge in [-0.15, -0.1) is 11.6 Å². The Morgan fingerprint density at radius 3 is 2.84 bits per heavy atom. The molecule has 4 nitrogen and oxygen atoms in total. The molecule has 2 rings (SSSR count). The molecule has 1 aliphatic carbocycles. The topological polar surface area (TPSA) is 58.2 Å². The van der Waals surface area contributed by atoms with Crippen LogP contribution in [-0.4, -0.2) is 17.3 Å². The van der Waals surface area contributed by atoms with Crippen molar-refractivity contribution in [3.63, 3.8) is 0 Å². The molecule has 1 aromatic carbocycles. The number of urea groups is 1. The predicted molar refractivity (Wildman–Crippen MR) is 74.1 cm³/mol. The van der Waals surface area contributed by atoms with E-state index in [1.165, 1.54) is 12.5 Å². The summed E-state index contributed by atoms with van der Waals surface area (Å²) in [6.45, 7) is 1.53. The van der Waals surface area contributed by atoms with E-state index in [0.29, 0.717) is 0 Å². The van der Waals surface area contributed by atoms with Crippen LogP contribution in [0.15, 0.2) is 24.3 Å². The largest absolute Gasteiger partial charge is 0.331 e. The number of rotatable bonds is 2. The van der Waals surface area contributed by atoms with Gasteiger partial charge in [-0.3, -0.25) is 10.1 Å². The summed E-state index contributed by atoms with van der Waals surface area (Å²) in [7, 11) is 0. The first kappa shape index (κ1) is 13.9. The summed E-state index contributed by atoms with van der Waals surface area (Å²) in [6.07, 6.45) is 2.95. The number of halogens is 1. The van der Waals surface area contributed by atoms with E-state index in [-0.39, 0.29) is 6.04 Å². The van der Waals surface area contributed by atoms with Crippen LogP contribution in [0.5, 0.6) is 0 Å². The lowest BCUT2D eigenvalue weighted by Crippen LogP contribution is -2.44. The number of hydrogen-bond acceptors (Lipinski definition) is 2. The average molecular weight is 281 g/mol. The van der Waals surface area contributed by atoms with Crippen LogP contribution in [-0.2, 0) is 11.2 Å². The van der Waals surface area contributed by atoms with E-state index < -0.39 is 17.3 Å². The molecule has 1 aliphatic rings. The van der Waals surface area contributed by atoms with Crippen LogP contribution in [0.4, 0.5) is 4.79 Å². The third kappa shape index (κ3) is 3.47. The van der Waals surface area contributed by atoms with E-state index in [9.17, 15) is 9.59 Å². The minimum absolute atomic E-state index is 0.0385. The highest BCUT2D eigenvalue weighted by atomic mass is 35.5. The monoisotopic (exact) mass is 280 g/mol. The molecule has 1 aromatic rings. The normalized spacial score (nSPS) is 19.2. The van der Waals surface area contributed by atoms with Gasteiger partial charge in [0.05, 0.1) is 6.04 Å². The molecule has 0 saturated heterocycles. The molecule has 0 aliphatic heterocycles. The lowest BCUT2D eigenvalue weighted by molar-refractivity contribution is -0.119. The number of amides is 3. The summed E-state index contributed by atoms with van der Waals surface area (Å²) < 4.78 is 0. The molecule has 0 bridgehead atoms. The second kappa shape index (κ2) is 6.06. The van der Waals surface area contributed by atoms with Crippen molar-refractivity contribution in [2.75, 3.05) is 0 Å². The van der Waals surface area contributed by atoms with E-state index >= 15 is 0 Å². The second-order valence-corrected chi connectivity index (χ2v) is 5.38. The average Bonchev–Trinajstić information content (AvgIpc) is 2.39. The van der Waals surface area contributed by atoms with Crippen LogP contribution in [0.1, 0.15) is 36.9 Å². The Labute approximate surface area is 117 Å². The van der Waals surface area contributed by atoms with E-state index in [2.05, 4.69) is 16.7 Å². The van der Waals surface area contributed by atoms with Gasteiger partial charge in [-0.05, 0) is 37.3 Å². The Kier molecular flexibility index (Phi) is 4.43. The van der Waals surface area contributed by atoms with E-state index in [0.717, 1.165) is 24.8 Å². The van der Waals surface area contributed by atoms with Crippen molar-refractivity contribution in [2.45, 2.75) is 37.6 Å². The predicted octanol–water partition coefficient (Wildman–Crippen LogP) is 2.52. The fourth-order valence-corrected chi connectivity index (χ4v) is 2.36. The molecule has 3 amide bonds. The fourth-order valence-electron chi connectivity index (χ4n) is 2.31. The van der Waals surface area contributed by atoms with Gasteiger partial charge in [0.1, 0.15) is 5.38 Å². The van der Waals surface area contributed by atoms with Crippen LogP contribution in [0.25, 0.3) is 0 Å². The molecule has 19 heavy (non-hydrogen) atoms. The number of alkyl halides is 1. The van der Waals surface area contributed by atoms with E-state index in [1.807, 2.05) is 18.2 Å². The van der Waals surface area contributed by atoms with Gasteiger partial charge in [-0.2, -0.15) is 0 Å². The van der Waals surface area contributed by atoms with Crippen LogP contribution in [0.2, 0.25) is 0 Å². The Bertz CT molecular complexity index is 488. The van der Waals surface area contributed by atoms with Crippen molar-refractivity contribution in [3.8, 4) is 0 Å². The van der Waals surface area contributed by atoms with Gasteiger partial charge in [0.2, 0.25) is 5.91 Å². The van der Waals surface area contributed by atoms with Gasteiger partial charge >= 0.3 is 6.03 Å². The zero-order chi connectivity index (χ0) is 13.8. The Balaban J connectivity index is 2.01. The standard InChI is InChI=1S/C14H17ClN2O2/c1-9(15)13(18)17-14(19)16-12-8-4-6-10-5-2-3-7-11(10)12/h2-3,5,7,9,12H,4,6,8H2,1H3,(H2,16,17,18,19). The number of carbonyl (C=O) groups excluding carboxylic acids is 2. The van der Waals surface area contributed by atoms with Crippen LogP contribution in [0.3, 0.4) is 0 Å². The molecule has 2 N–H and O–H groups in total. The van der Waals surface area contributed by atoms with Crippen molar-refractivity contribution in [1.29, 1.82) is 0 Å². The first-order valence-corrected chi connectivity index (χ1v) is 6.85. The first-order chi connectivity index (χ1) is 9.08. The summed E-state index contributed by atoms with van der Waals surface area (Å²) in [4.78, 5) is 23.1. The molecule has 0 aromatic heterocycles. The Hall–Kier alpha value is -1.55. The molecule has 2 atom stereocenters. The maximum Gasteiger partial charge on any atom is 0.321 e. The number of hydrogen-bond donors (Lipinski definition) is 2. The van der Waals surface area contributed by atoms with Gasteiger partial charge in [0, 0.05) is 0 Å². The molecule has 0 heterocycles. The summed E-state index contributed by atoms with van der Waals surface area (Å²) in [6, 6.07) is 7.53. The third-order valence-corrected chi connectivity index (χ3v) is 3.47. The van der Waals surface area contributed by atoms with E-state index in [1.54, 1.807) is 0 Å². The number of benzene rings is 1. The second-order valence-electron chi connectivity index (χ2n) is 4.72. The quantitative estimate of drug-likeness (QED) is 0.818. The van der Waals surface area contributed by atoms with Crippen molar-refractivity contribution in [2.24, 2.45) is 0 Å². The van der Waals surface area contributed by atoms with Crippen molar-refractivity contribution in [3.05, 3.63) is 35.4 Å². The van der Waals surface area contributed by atoms with Crippen molar-refractivity contribution < 1.29 is 9.59 Å². The lowest BCUT2D eigenvalue weighted by Gasteiger charge is -2.26. The van der Waals surface area contributed by atoms with Gasteiger partial charge in [0.25, 0.3) is 0 Å². The molecule has 5 heteroatoms. The maximum atomic E-state index is 11.7. The summed E-state index contributed by atoms with van der Waals surface area (Å²) in [5.41, 5.74) is 2.39. The van der Waals surface area contributed by atoms with Gasteiger partial charge in [-0.1, -0.05) is 24.3 Å². The SMILES string of the molecule is CC(Cl)C(=O)NC(=O)NC1CCCc2ccccc21. The highest BCUT2D eigenvalue weighted by Gasteiger charge is 2.22. The number of fused-ring (bicyclic) bond motifs is 1. The molecule has 0 radical (unpaired) electrons. The zero-order valence-corrected chi connectivity index (χ0v) is 11.5. The van der Waals surface area contributed by atoms with Gasteiger partial charge in [0.15, 0.2) is 0 Å². The van der Waals surface area contributed by atoms with Crippen LogP contribution in [0, 0.1) is 0 Å². The molecule has 0 fully saturated rings. The van der Waals surface area contributed by atoms with Crippen molar-refractivity contribution in [1.82, 2.24) is 10.6 Å². The zero-order valence-electron chi connectivity index (χ0n) is 10.8. The van der Waals surface area contributed by atoms with E-state index in [4.69, 9.17) is 11.6 Å². The number of imide groups is 1. The minimum atomic E-state index is -0.718. The molecule has 2 unspecified atom stereocenters. The highest BCUT2D eigenvalue weighted by Crippen LogP contribution is 2.29. The maximum absolute atomic E-state index is 11.7. The fraction of sp³-hybridized carbons (Fsp3) is 0.429. The minimum Gasteiger partial charge on any atom is -0.331 e. The number of aryl methyl sites for hydroxylation is 1. The van der Waals surface area contributed by atoms with Gasteiger partial charge in [-0.25, -0.2) is 4.79 Å². The molecule has 102 valence electrons. The number of carbonyl (C=O) groups is 2. The van der Waals surface area contributed by atoms with Crippen LogP contribution < -0.4 is 10.6 Å². The molecule has 0 saturated carbocycles. The summed E-state index contributed by atoms with van der Waals surface area (Å²) in [5.74, 6) is -0.483. The first-order valence-electron chi connectivity index (χ1n) is 6.41. The highest BCUT2D eigenvalue weighted by molar-refractivity contribution is 6.31. The Morgan fingerprint density at radius 1 is 1.37 bits per heavy atom. The molecular weight excluding hydrogens is 264 g/mol. The molecular formula is C14H17ClN2O2. The Morgan fingerprint density at radius 2 is 2.11 bits per heavy atom. The van der Waals surface area contributed by atoms with Crippen molar-refractivity contribution >= 4 is 23.5 Å². The smallest absolute Gasteiger partial charge is 0.321 e. The molecule has 0 spiro atoms. The third-order valence-electron chi connectivity index (χ3n) is 3.27. The number of nitrogens with one attached hydrogen (secondary N) is 2. The summed E-state index contributed by atoms with van der Waals surface area (Å²) in [5, 5.41) is 4.35. The van der Waals surface area contributed by atoms with Crippen LogP contribution >= 0.6 is 11.6 Å².